The summed E-state index contributed by atoms with van der Waals surface area (Å²) < 4.78 is 47.9. The molecular weight excluding hydrogens is 465 g/mol. The second kappa shape index (κ2) is 8.59. The Hall–Kier alpha value is -2.68. The van der Waals surface area contributed by atoms with Gasteiger partial charge in [0.25, 0.3) is 0 Å². The number of carbonyl (C=O) groups excluding carboxylic acids is 1. The summed E-state index contributed by atoms with van der Waals surface area (Å²) in [7, 11) is 0. The van der Waals surface area contributed by atoms with E-state index in [0.717, 1.165) is 26.6 Å². The minimum Gasteiger partial charge on any atom is -0.447 e. The van der Waals surface area contributed by atoms with Crippen LogP contribution in [0.3, 0.4) is 0 Å². The Labute approximate surface area is 178 Å². The zero-order chi connectivity index (χ0) is 21.3. The number of nitrogens with one attached hydrogen (secondary N) is 1. The van der Waals surface area contributed by atoms with Gasteiger partial charge in [0.2, 0.25) is 0 Å². The summed E-state index contributed by atoms with van der Waals surface area (Å²) in [6.07, 6.45) is -0.0267. The molecule has 3 aromatic rings. The maximum atomic E-state index is 12.6. The monoisotopic (exact) mass is 482 g/mol. The number of halogens is 4. The Morgan fingerprint density at radius 3 is 2.70 bits per heavy atom. The van der Waals surface area contributed by atoms with Crippen molar-refractivity contribution >= 4 is 32.9 Å². The minimum absolute atomic E-state index is 0.0249. The van der Waals surface area contributed by atoms with E-state index in [0.29, 0.717) is 18.5 Å². The Morgan fingerprint density at radius 1 is 1.23 bits per heavy atom. The molecule has 0 saturated carbocycles. The number of ether oxygens (including phenoxy) is 2. The number of hydrogen-bond acceptors (Lipinski definition) is 3. The third kappa shape index (κ3) is 3.98. The molecule has 5 nitrogen and oxygen atoms in total. The number of benzene rings is 2. The molecule has 0 bridgehead atoms. The van der Waals surface area contributed by atoms with E-state index < -0.39 is 25.4 Å². The molecule has 1 aliphatic heterocycles. The van der Waals surface area contributed by atoms with Gasteiger partial charge in [0.1, 0.15) is 25.1 Å². The molecule has 1 amide bonds. The molecule has 0 spiro atoms. The van der Waals surface area contributed by atoms with E-state index in [1.54, 1.807) is 12.1 Å². The molecule has 158 valence electrons. The van der Waals surface area contributed by atoms with Crippen LogP contribution in [0.4, 0.5) is 18.0 Å². The van der Waals surface area contributed by atoms with Gasteiger partial charge >= 0.3 is 12.7 Å². The topological polar surface area (TPSA) is 54.6 Å². The molecule has 0 saturated heterocycles. The van der Waals surface area contributed by atoms with Crippen molar-refractivity contribution in [3.05, 3.63) is 63.8 Å². The maximum absolute atomic E-state index is 12.6. The van der Waals surface area contributed by atoms with Crippen LogP contribution in [0, 0.1) is 0 Å². The number of alkyl halides is 3. The van der Waals surface area contributed by atoms with Crippen LogP contribution in [0.25, 0.3) is 10.9 Å². The lowest BCUT2D eigenvalue weighted by molar-refractivity contribution is -0.0498. The molecule has 30 heavy (non-hydrogen) atoms. The van der Waals surface area contributed by atoms with Crippen LogP contribution in [0.1, 0.15) is 22.9 Å². The second-order valence-corrected chi connectivity index (χ2v) is 7.72. The third-order valence-corrected chi connectivity index (χ3v) is 5.54. The Morgan fingerprint density at radius 2 is 2.00 bits per heavy atom. The summed E-state index contributed by atoms with van der Waals surface area (Å²) in [5, 5.41) is 1.05. The predicted molar refractivity (Wildman–Crippen MR) is 109 cm³/mol. The van der Waals surface area contributed by atoms with E-state index in [4.69, 9.17) is 4.74 Å². The van der Waals surface area contributed by atoms with E-state index in [2.05, 4.69) is 25.7 Å². The first-order valence-electron chi connectivity index (χ1n) is 9.32. The van der Waals surface area contributed by atoms with Crippen molar-refractivity contribution < 1.29 is 27.4 Å². The quantitative estimate of drug-likeness (QED) is 0.515. The van der Waals surface area contributed by atoms with Crippen molar-refractivity contribution in [3.8, 4) is 5.75 Å². The minimum atomic E-state index is -2.92. The molecule has 1 N–H and O–H groups in total. The van der Waals surface area contributed by atoms with Gasteiger partial charge in [0, 0.05) is 27.6 Å². The van der Waals surface area contributed by atoms with Crippen molar-refractivity contribution in [1.29, 1.82) is 0 Å². The number of aromatic amines is 1. The average Bonchev–Trinajstić information content (AvgIpc) is 3.09. The molecule has 0 aliphatic carbocycles. The van der Waals surface area contributed by atoms with E-state index >= 15 is 0 Å². The highest BCUT2D eigenvalue weighted by atomic mass is 79.9. The normalized spacial score (nSPS) is 16.0. The summed E-state index contributed by atoms with van der Waals surface area (Å²) in [6, 6.07) is 11.5. The number of carbonyl (C=O) groups is 1. The average molecular weight is 483 g/mol. The summed E-state index contributed by atoms with van der Waals surface area (Å²) in [4.78, 5) is 17.5. The van der Waals surface area contributed by atoms with Crippen LogP contribution >= 0.6 is 15.9 Å². The number of H-pyrrole nitrogens is 1. The number of amides is 1. The zero-order valence-electron chi connectivity index (χ0n) is 15.7. The molecule has 0 radical (unpaired) electrons. The van der Waals surface area contributed by atoms with Crippen LogP contribution in [0.5, 0.6) is 5.75 Å². The summed E-state index contributed by atoms with van der Waals surface area (Å²) >= 11 is 3.46. The highest BCUT2D eigenvalue weighted by Crippen LogP contribution is 2.39. The largest absolute Gasteiger partial charge is 0.447 e. The van der Waals surface area contributed by atoms with Crippen LogP contribution in [0.15, 0.2) is 46.9 Å². The van der Waals surface area contributed by atoms with E-state index in [-0.39, 0.29) is 12.4 Å². The number of hydrogen-bond donors (Lipinski definition) is 1. The molecule has 4 rings (SSSR count). The Kier molecular flexibility index (Phi) is 5.90. The van der Waals surface area contributed by atoms with Crippen molar-refractivity contribution in [3.63, 3.8) is 0 Å². The van der Waals surface area contributed by atoms with Crippen molar-refractivity contribution in [2.75, 3.05) is 19.8 Å². The van der Waals surface area contributed by atoms with E-state index in [1.165, 1.54) is 17.0 Å². The van der Waals surface area contributed by atoms with Gasteiger partial charge in [-0.05, 0) is 41.8 Å². The molecule has 9 heteroatoms. The van der Waals surface area contributed by atoms with Gasteiger partial charge in [-0.3, -0.25) is 4.90 Å². The first-order valence-corrected chi connectivity index (χ1v) is 10.1. The highest BCUT2D eigenvalue weighted by molar-refractivity contribution is 9.10. The van der Waals surface area contributed by atoms with Gasteiger partial charge in [-0.2, -0.15) is 8.78 Å². The molecule has 1 unspecified atom stereocenters. The smallest absolute Gasteiger partial charge is 0.410 e. The van der Waals surface area contributed by atoms with Crippen molar-refractivity contribution in [2.45, 2.75) is 19.1 Å². The van der Waals surface area contributed by atoms with Crippen LogP contribution in [-0.4, -0.2) is 42.4 Å². The molecule has 0 fully saturated rings. The predicted octanol–water partition coefficient (Wildman–Crippen LogP) is 5.59. The Balaban J connectivity index is 1.77. The van der Waals surface area contributed by atoms with Crippen molar-refractivity contribution in [1.82, 2.24) is 9.88 Å². The second-order valence-electron chi connectivity index (χ2n) is 6.80. The molecule has 1 aliphatic rings. The fourth-order valence-corrected chi connectivity index (χ4v) is 4.21. The lowest BCUT2D eigenvalue weighted by Gasteiger charge is -2.35. The van der Waals surface area contributed by atoms with E-state index in [1.807, 2.05) is 18.2 Å². The highest BCUT2D eigenvalue weighted by Gasteiger charge is 2.35. The number of rotatable bonds is 5. The van der Waals surface area contributed by atoms with Gasteiger partial charge in [-0.25, -0.2) is 9.18 Å². The summed E-state index contributed by atoms with van der Waals surface area (Å²) in [5.74, 6) is 0.0249. The van der Waals surface area contributed by atoms with Crippen LogP contribution < -0.4 is 4.74 Å². The SMILES string of the molecule is O=C(OCCF)N1CCc2c([nH]c3cc(Br)ccc23)C1c1ccc(OC(F)F)cc1. The standard InChI is InChI=1S/C21H18BrF3N2O3/c22-13-3-6-15-16-7-9-27(21(28)29-10-8-23)19(18(16)26-17(15)11-13)12-1-4-14(5-2-12)30-20(24)25/h1-6,11,19-20,26H,7-10H2. The number of fused-ring (bicyclic) bond motifs is 3. The van der Waals surface area contributed by atoms with E-state index in [9.17, 15) is 18.0 Å². The molecule has 2 heterocycles. The fourth-order valence-electron chi connectivity index (χ4n) is 3.85. The first kappa shape index (κ1) is 20.6. The molecule has 1 atom stereocenters. The molecule has 1 aromatic heterocycles. The Bertz CT molecular complexity index is 1060. The summed E-state index contributed by atoms with van der Waals surface area (Å²) in [6.45, 7) is -3.64. The van der Waals surface area contributed by atoms with Crippen molar-refractivity contribution in [2.24, 2.45) is 0 Å². The summed E-state index contributed by atoms with van der Waals surface area (Å²) in [5.41, 5.74) is 3.50. The van der Waals surface area contributed by atoms with Gasteiger partial charge in [0.05, 0.1) is 0 Å². The number of aromatic nitrogens is 1. The lowest BCUT2D eigenvalue weighted by atomic mass is 9.92. The van der Waals surface area contributed by atoms with Gasteiger partial charge in [0.15, 0.2) is 0 Å². The maximum Gasteiger partial charge on any atom is 0.410 e. The van der Waals surface area contributed by atoms with Crippen LogP contribution in [-0.2, 0) is 11.2 Å². The molecular formula is C21H18BrF3N2O3. The van der Waals surface area contributed by atoms with Gasteiger partial charge in [-0.1, -0.05) is 34.1 Å². The number of nitrogens with zero attached hydrogens (tertiary/aromatic N) is 1. The van der Waals surface area contributed by atoms with Gasteiger partial charge < -0.3 is 14.5 Å². The third-order valence-electron chi connectivity index (χ3n) is 5.05. The van der Waals surface area contributed by atoms with Gasteiger partial charge in [-0.15, -0.1) is 0 Å². The first-order chi connectivity index (χ1) is 14.5. The zero-order valence-corrected chi connectivity index (χ0v) is 17.3. The van der Waals surface area contributed by atoms with Crippen LogP contribution in [0.2, 0.25) is 0 Å². The lowest BCUT2D eigenvalue weighted by Crippen LogP contribution is -2.41. The fraction of sp³-hybridized carbons (Fsp3) is 0.286. The molecule has 2 aromatic carbocycles.